The average Bonchev–Trinajstić information content (AvgIpc) is 2.33. The Bertz CT molecular complexity index is 455. The van der Waals surface area contributed by atoms with Crippen LogP contribution in [-0.2, 0) is 0 Å². The molecule has 0 aliphatic heterocycles. The van der Waals surface area contributed by atoms with Crippen molar-refractivity contribution in [3.8, 4) is 0 Å². The number of hydrogen-bond donors (Lipinski definition) is 1. The summed E-state index contributed by atoms with van der Waals surface area (Å²) >= 11 is 0. The molecule has 4 heteroatoms. The number of rotatable bonds is 3. The minimum Gasteiger partial charge on any atom is -0.382 e. The van der Waals surface area contributed by atoms with Crippen LogP contribution in [0, 0.1) is 17.0 Å². The van der Waals surface area contributed by atoms with E-state index in [1.165, 1.54) is 0 Å². The summed E-state index contributed by atoms with van der Waals surface area (Å²) in [6, 6.07) is 5.56. The van der Waals surface area contributed by atoms with Crippen LogP contribution in [0.2, 0.25) is 0 Å². The maximum atomic E-state index is 10.8. The molecule has 0 saturated carbocycles. The molecular formula is C13H16N2O2. The third kappa shape index (κ3) is 2.64. The zero-order valence-corrected chi connectivity index (χ0v) is 9.85. The molecule has 0 amide bonds. The predicted molar refractivity (Wildman–Crippen MR) is 68.2 cm³/mol. The van der Waals surface area contributed by atoms with Crippen LogP contribution in [0.5, 0.6) is 0 Å². The van der Waals surface area contributed by atoms with Crippen LogP contribution in [0.1, 0.15) is 24.8 Å². The highest BCUT2D eigenvalue weighted by molar-refractivity contribution is 5.60. The van der Waals surface area contributed by atoms with Crippen LogP contribution in [0.15, 0.2) is 30.4 Å². The predicted octanol–water partition coefficient (Wildman–Crippen LogP) is 3.42. The van der Waals surface area contributed by atoms with Crippen LogP contribution in [0.4, 0.5) is 11.4 Å². The van der Waals surface area contributed by atoms with Crippen molar-refractivity contribution in [2.75, 3.05) is 5.32 Å². The maximum Gasteiger partial charge on any atom is 0.274 e. The van der Waals surface area contributed by atoms with Gasteiger partial charge in [-0.3, -0.25) is 10.1 Å². The van der Waals surface area contributed by atoms with E-state index >= 15 is 0 Å². The molecule has 0 radical (unpaired) electrons. The Balaban J connectivity index is 2.18. The Morgan fingerprint density at radius 2 is 2.24 bits per heavy atom. The molecule has 17 heavy (non-hydrogen) atoms. The fourth-order valence-electron chi connectivity index (χ4n) is 2.12. The maximum absolute atomic E-state index is 10.8. The van der Waals surface area contributed by atoms with Crippen LogP contribution in [-0.4, -0.2) is 11.0 Å². The SMILES string of the molecule is Cc1c(NC2CC=CCC2)cccc1[N+](=O)[O-]. The normalized spacial score (nSPS) is 19.0. The van der Waals surface area contributed by atoms with Crippen molar-refractivity contribution >= 4 is 11.4 Å². The fourth-order valence-corrected chi connectivity index (χ4v) is 2.12. The fraction of sp³-hybridized carbons (Fsp3) is 0.385. The number of nitro benzene ring substituents is 1. The molecule has 1 aromatic rings. The van der Waals surface area contributed by atoms with E-state index in [-0.39, 0.29) is 10.6 Å². The summed E-state index contributed by atoms with van der Waals surface area (Å²) in [5, 5.41) is 14.2. The lowest BCUT2D eigenvalue weighted by atomic mass is 10.0. The standard InChI is InChI=1S/C13H16N2O2/c1-10-12(8-5-9-13(10)15(16)17)14-11-6-3-2-4-7-11/h2-3,5,8-9,11,14H,4,6-7H2,1H3. The van der Waals surface area contributed by atoms with E-state index in [0.717, 1.165) is 24.9 Å². The minimum atomic E-state index is -0.332. The molecule has 1 aliphatic rings. The van der Waals surface area contributed by atoms with Gasteiger partial charge < -0.3 is 5.32 Å². The summed E-state index contributed by atoms with van der Waals surface area (Å²) in [6.45, 7) is 1.79. The van der Waals surface area contributed by atoms with Gasteiger partial charge in [0.05, 0.1) is 4.92 Å². The molecule has 1 N–H and O–H groups in total. The first kappa shape index (κ1) is 11.6. The largest absolute Gasteiger partial charge is 0.382 e. The Kier molecular flexibility index (Phi) is 3.42. The van der Waals surface area contributed by atoms with E-state index in [2.05, 4.69) is 17.5 Å². The molecule has 2 rings (SSSR count). The third-order valence-corrected chi connectivity index (χ3v) is 3.13. The van der Waals surface area contributed by atoms with Gasteiger partial charge in [0.2, 0.25) is 0 Å². The van der Waals surface area contributed by atoms with Gasteiger partial charge in [0.25, 0.3) is 5.69 Å². The first-order chi connectivity index (χ1) is 8.18. The first-order valence-corrected chi connectivity index (χ1v) is 5.84. The number of nitrogens with zero attached hydrogens (tertiary/aromatic N) is 1. The van der Waals surface area contributed by atoms with Crippen molar-refractivity contribution in [2.45, 2.75) is 32.2 Å². The van der Waals surface area contributed by atoms with E-state index in [1.54, 1.807) is 19.1 Å². The number of nitrogens with one attached hydrogen (secondary N) is 1. The van der Waals surface area contributed by atoms with Crippen molar-refractivity contribution in [1.82, 2.24) is 0 Å². The molecular weight excluding hydrogens is 216 g/mol. The number of anilines is 1. The smallest absolute Gasteiger partial charge is 0.274 e. The van der Waals surface area contributed by atoms with Gasteiger partial charge >= 0.3 is 0 Å². The van der Waals surface area contributed by atoms with E-state index in [0.29, 0.717) is 11.6 Å². The molecule has 0 heterocycles. The quantitative estimate of drug-likeness (QED) is 0.493. The lowest BCUT2D eigenvalue weighted by Gasteiger charge is -2.21. The number of hydrogen-bond acceptors (Lipinski definition) is 3. The highest BCUT2D eigenvalue weighted by atomic mass is 16.6. The number of nitro groups is 1. The van der Waals surface area contributed by atoms with E-state index in [4.69, 9.17) is 0 Å². The minimum absolute atomic E-state index is 0.182. The summed E-state index contributed by atoms with van der Waals surface area (Å²) in [4.78, 5) is 10.5. The van der Waals surface area contributed by atoms with Gasteiger partial charge in [-0.25, -0.2) is 0 Å². The molecule has 4 nitrogen and oxygen atoms in total. The summed E-state index contributed by atoms with van der Waals surface area (Å²) in [5.41, 5.74) is 1.77. The lowest BCUT2D eigenvalue weighted by Crippen LogP contribution is -2.20. The zero-order valence-electron chi connectivity index (χ0n) is 9.85. The van der Waals surface area contributed by atoms with E-state index in [9.17, 15) is 10.1 Å². The molecule has 1 aromatic carbocycles. The topological polar surface area (TPSA) is 55.2 Å². The van der Waals surface area contributed by atoms with Gasteiger partial charge in [-0.05, 0) is 32.3 Å². The van der Waals surface area contributed by atoms with Gasteiger partial charge in [-0.1, -0.05) is 18.2 Å². The molecule has 1 unspecified atom stereocenters. The van der Waals surface area contributed by atoms with Crippen molar-refractivity contribution in [3.05, 3.63) is 46.0 Å². The molecule has 0 fully saturated rings. The Labute approximate surface area is 100 Å². The lowest BCUT2D eigenvalue weighted by molar-refractivity contribution is -0.385. The van der Waals surface area contributed by atoms with Gasteiger partial charge in [-0.2, -0.15) is 0 Å². The van der Waals surface area contributed by atoms with Crippen molar-refractivity contribution in [1.29, 1.82) is 0 Å². The summed E-state index contributed by atoms with van der Waals surface area (Å²) in [6.07, 6.45) is 7.48. The molecule has 0 bridgehead atoms. The Morgan fingerprint density at radius 1 is 1.41 bits per heavy atom. The average molecular weight is 232 g/mol. The Hall–Kier alpha value is -1.84. The van der Waals surface area contributed by atoms with Gasteiger partial charge in [0, 0.05) is 23.4 Å². The second-order valence-corrected chi connectivity index (χ2v) is 4.33. The molecule has 90 valence electrons. The van der Waals surface area contributed by atoms with Gasteiger partial charge in [0.1, 0.15) is 0 Å². The second kappa shape index (κ2) is 4.99. The third-order valence-electron chi connectivity index (χ3n) is 3.13. The van der Waals surface area contributed by atoms with Gasteiger partial charge in [-0.15, -0.1) is 0 Å². The van der Waals surface area contributed by atoms with Crippen molar-refractivity contribution < 1.29 is 4.92 Å². The molecule has 0 saturated heterocycles. The summed E-state index contributed by atoms with van der Waals surface area (Å²) in [5.74, 6) is 0. The van der Waals surface area contributed by atoms with Crippen LogP contribution in [0.3, 0.4) is 0 Å². The summed E-state index contributed by atoms with van der Waals surface area (Å²) < 4.78 is 0. The van der Waals surface area contributed by atoms with E-state index in [1.807, 2.05) is 6.07 Å². The van der Waals surface area contributed by atoms with Crippen LogP contribution < -0.4 is 5.32 Å². The van der Waals surface area contributed by atoms with Crippen molar-refractivity contribution in [3.63, 3.8) is 0 Å². The highest BCUT2D eigenvalue weighted by Crippen LogP contribution is 2.27. The molecule has 0 spiro atoms. The number of benzene rings is 1. The zero-order chi connectivity index (χ0) is 12.3. The molecule has 1 atom stereocenters. The highest BCUT2D eigenvalue weighted by Gasteiger charge is 2.16. The van der Waals surface area contributed by atoms with Crippen LogP contribution >= 0.6 is 0 Å². The number of allylic oxidation sites excluding steroid dienone is 1. The Morgan fingerprint density at radius 3 is 2.88 bits per heavy atom. The molecule has 1 aliphatic carbocycles. The monoisotopic (exact) mass is 232 g/mol. The van der Waals surface area contributed by atoms with Crippen molar-refractivity contribution in [2.24, 2.45) is 0 Å². The van der Waals surface area contributed by atoms with Crippen LogP contribution in [0.25, 0.3) is 0 Å². The summed E-state index contributed by atoms with van der Waals surface area (Å²) in [7, 11) is 0. The first-order valence-electron chi connectivity index (χ1n) is 5.84. The van der Waals surface area contributed by atoms with E-state index < -0.39 is 0 Å². The molecule has 0 aromatic heterocycles. The second-order valence-electron chi connectivity index (χ2n) is 4.33. The van der Waals surface area contributed by atoms with Gasteiger partial charge in [0.15, 0.2) is 0 Å².